The van der Waals surface area contributed by atoms with Crippen LogP contribution < -0.4 is 11.0 Å². The predicted molar refractivity (Wildman–Crippen MR) is 68.8 cm³/mol. The van der Waals surface area contributed by atoms with E-state index >= 15 is 0 Å². The van der Waals surface area contributed by atoms with Crippen molar-refractivity contribution in [2.24, 2.45) is 0 Å². The Morgan fingerprint density at radius 1 is 1.35 bits per heavy atom. The minimum absolute atomic E-state index is 0.0839. The summed E-state index contributed by atoms with van der Waals surface area (Å²) in [5.74, 6) is 0. The molecule has 0 bridgehead atoms. The summed E-state index contributed by atoms with van der Waals surface area (Å²) in [4.78, 5) is 14.5. The van der Waals surface area contributed by atoms with Gasteiger partial charge in [0.05, 0.1) is 5.69 Å². The second-order valence-electron chi connectivity index (χ2n) is 4.05. The SMILES string of the molecule is CNCCc1ccccc1-n1c(C)c[nH]c1=O. The van der Waals surface area contributed by atoms with Gasteiger partial charge >= 0.3 is 5.69 Å². The van der Waals surface area contributed by atoms with E-state index in [0.717, 1.165) is 24.3 Å². The molecule has 90 valence electrons. The molecule has 1 heterocycles. The highest BCUT2D eigenvalue weighted by molar-refractivity contribution is 5.42. The average Bonchev–Trinajstić information content (AvgIpc) is 2.67. The number of aromatic amines is 1. The van der Waals surface area contributed by atoms with Crippen molar-refractivity contribution in [1.82, 2.24) is 14.9 Å². The monoisotopic (exact) mass is 231 g/mol. The predicted octanol–water partition coefficient (Wildman–Crippen LogP) is 1.24. The summed E-state index contributed by atoms with van der Waals surface area (Å²) in [6.07, 6.45) is 2.64. The van der Waals surface area contributed by atoms with Crippen LogP contribution in [0.4, 0.5) is 0 Å². The normalized spacial score (nSPS) is 10.7. The molecule has 0 aliphatic heterocycles. The lowest BCUT2D eigenvalue weighted by atomic mass is 10.1. The van der Waals surface area contributed by atoms with Crippen LogP contribution in [-0.4, -0.2) is 23.1 Å². The van der Waals surface area contributed by atoms with E-state index in [1.807, 2.05) is 32.2 Å². The fraction of sp³-hybridized carbons (Fsp3) is 0.308. The Kier molecular flexibility index (Phi) is 3.44. The summed E-state index contributed by atoms with van der Waals surface area (Å²) >= 11 is 0. The van der Waals surface area contributed by atoms with Crippen LogP contribution in [0.5, 0.6) is 0 Å². The van der Waals surface area contributed by atoms with Gasteiger partial charge < -0.3 is 10.3 Å². The third-order valence-corrected chi connectivity index (χ3v) is 2.84. The molecule has 1 aromatic carbocycles. The number of nitrogens with zero attached hydrogens (tertiary/aromatic N) is 1. The van der Waals surface area contributed by atoms with Gasteiger partial charge in [-0.15, -0.1) is 0 Å². The Bertz CT molecular complexity index is 554. The fourth-order valence-electron chi connectivity index (χ4n) is 1.95. The zero-order valence-corrected chi connectivity index (χ0v) is 10.2. The average molecular weight is 231 g/mol. The Morgan fingerprint density at radius 3 is 2.76 bits per heavy atom. The van der Waals surface area contributed by atoms with Crippen molar-refractivity contribution in [3.63, 3.8) is 0 Å². The molecule has 4 heteroatoms. The minimum atomic E-state index is -0.0839. The third kappa shape index (κ3) is 2.31. The van der Waals surface area contributed by atoms with E-state index in [9.17, 15) is 4.79 Å². The lowest BCUT2D eigenvalue weighted by molar-refractivity contribution is 0.783. The van der Waals surface area contributed by atoms with Gasteiger partial charge in [-0.3, -0.25) is 4.57 Å². The van der Waals surface area contributed by atoms with Crippen molar-refractivity contribution in [2.75, 3.05) is 13.6 Å². The number of benzene rings is 1. The first-order valence-corrected chi connectivity index (χ1v) is 5.74. The molecule has 0 unspecified atom stereocenters. The van der Waals surface area contributed by atoms with E-state index in [4.69, 9.17) is 0 Å². The summed E-state index contributed by atoms with van der Waals surface area (Å²) in [6, 6.07) is 8.00. The number of nitrogens with one attached hydrogen (secondary N) is 2. The summed E-state index contributed by atoms with van der Waals surface area (Å²) in [5, 5.41) is 3.12. The highest BCUT2D eigenvalue weighted by Crippen LogP contribution is 2.14. The molecule has 0 aliphatic carbocycles. The first-order chi connectivity index (χ1) is 8.24. The fourth-order valence-corrected chi connectivity index (χ4v) is 1.95. The first-order valence-electron chi connectivity index (χ1n) is 5.74. The van der Waals surface area contributed by atoms with E-state index in [2.05, 4.69) is 16.4 Å². The molecule has 0 amide bonds. The van der Waals surface area contributed by atoms with Crippen LogP contribution >= 0.6 is 0 Å². The number of hydrogen-bond donors (Lipinski definition) is 2. The van der Waals surface area contributed by atoms with Crippen LogP contribution in [0.1, 0.15) is 11.3 Å². The third-order valence-electron chi connectivity index (χ3n) is 2.84. The standard InChI is InChI=1S/C13H17N3O/c1-10-9-15-13(17)16(10)12-6-4-3-5-11(12)7-8-14-2/h3-6,9,14H,7-8H2,1-2H3,(H,15,17). The first kappa shape index (κ1) is 11.7. The number of aromatic nitrogens is 2. The molecule has 0 saturated carbocycles. The van der Waals surface area contributed by atoms with Gasteiger partial charge in [0.1, 0.15) is 0 Å². The maximum atomic E-state index is 11.8. The maximum Gasteiger partial charge on any atom is 0.330 e. The van der Waals surface area contributed by atoms with Gasteiger partial charge in [0, 0.05) is 11.9 Å². The Balaban J connectivity index is 2.48. The quantitative estimate of drug-likeness (QED) is 0.831. The van der Waals surface area contributed by atoms with E-state index < -0.39 is 0 Å². The Labute approximate surface area is 100 Å². The highest BCUT2D eigenvalue weighted by Gasteiger charge is 2.08. The zero-order valence-electron chi connectivity index (χ0n) is 10.2. The number of imidazole rings is 1. The summed E-state index contributed by atoms with van der Waals surface area (Å²) in [7, 11) is 1.93. The van der Waals surface area contributed by atoms with Crippen LogP contribution in [0.15, 0.2) is 35.3 Å². The number of rotatable bonds is 4. The molecule has 0 atom stereocenters. The topological polar surface area (TPSA) is 49.8 Å². The van der Waals surface area contributed by atoms with Gasteiger partial charge in [-0.1, -0.05) is 18.2 Å². The summed E-state index contributed by atoms with van der Waals surface area (Å²) in [6.45, 7) is 2.82. The van der Waals surface area contributed by atoms with Crippen molar-refractivity contribution >= 4 is 0 Å². The van der Waals surface area contributed by atoms with Crippen LogP contribution in [0, 0.1) is 6.92 Å². The molecular weight excluding hydrogens is 214 g/mol. The number of para-hydroxylation sites is 1. The molecule has 2 N–H and O–H groups in total. The molecular formula is C13H17N3O. The number of H-pyrrole nitrogens is 1. The molecule has 2 aromatic rings. The van der Waals surface area contributed by atoms with Gasteiger partial charge in [-0.05, 0) is 38.6 Å². The Morgan fingerprint density at radius 2 is 2.12 bits per heavy atom. The van der Waals surface area contributed by atoms with Crippen molar-refractivity contribution in [2.45, 2.75) is 13.3 Å². The van der Waals surface area contributed by atoms with Crippen molar-refractivity contribution < 1.29 is 0 Å². The molecule has 0 spiro atoms. The van der Waals surface area contributed by atoms with Crippen LogP contribution in [0.2, 0.25) is 0 Å². The van der Waals surface area contributed by atoms with Crippen LogP contribution in [0.3, 0.4) is 0 Å². The second-order valence-corrected chi connectivity index (χ2v) is 4.05. The van der Waals surface area contributed by atoms with Crippen molar-refractivity contribution in [1.29, 1.82) is 0 Å². The van der Waals surface area contributed by atoms with E-state index in [1.165, 1.54) is 5.56 Å². The van der Waals surface area contributed by atoms with E-state index in [1.54, 1.807) is 10.8 Å². The lowest BCUT2D eigenvalue weighted by Crippen LogP contribution is -2.19. The van der Waals surface area contributed by atoms with Crippen molar-refractivity contribution in [3.05, 3.63) is 52.2 Å². The Hall–Kier alpha value is -1.81. The number of hydrogen-bond acceptors (Lipinski definition) is 2. The van der Waals surface area contributed by atoms with Gasteiger partial charge in [0.15, 0.2) is 0 Å². The molecule has 0 fully saturated rings. The van der Waals surface area contributed by atoms with Crippen LogP contribution in [0.25, 0.3) is 5.69 Å². The molecule has 0 saturated heterocycles. The van der Waals surface area contributed by atoms with E-state index in [-0.39, 0.29) is 5.69 Å². The smallest absolute Gasteiger partial charge is 0.319 e. The van der Waals surface area contributed by atoms with Crippen molar-refractivity contribution in [3.8, 4) is 5.69 Å². The van der Waals surface area contributed by atoms with Gasteiger partial charge in [-0.25, -0.2) is 4.79 Å². The summed E-state index contributed by atoms with van der Waals surface area (Å²) < 4.78 is 1.71. The molecule has 0 aliphatic rings. The van der Waals surface area contributed by atoms with Gasteiger partial charge in [-0.2, -0.15) is 0 Å². The van der Waals surface area contributed by atoms with Gasteiger partial charge in [0.25, 0.3) is 0 Å². The molecule has 1 aromatic heterocycles. The highest BCUT2D eigenvalue weighted by atomic mass is 16.1. The molecule has 2 rings (SSSR count). The largest absolute Gasteiger partial charge is 0.330 e. The number of likely N-dealkylation sites (N-methyl/N-ethyl adjacent to an activating group) is 1. The number of aryl methyl sites for hydroxylation is 1. The van der Waals surface area contributed by atoms with Gasteiger partial charge in [0.2, 0.25) is 0 Å². The van der Waals surface area contributed by atoms with Crippen LogP contribution in [-0.2, 0) is 6.42 Å². The maximum absolute atomic E-state index is 11.8. The van der Waals surface area contributed by atoms with E-state index in [0.29, 0.717) is 0 Å². The minimum Gasteiger partial charge on any atom is -0.319 e. The second kappa shape index (κ2) is 5.01. The molecule has 0 radical (unpaired) electrons. The zero-order chi connectivity index (χ0) is 12.3. The lowest BCUT2D eigenvalue weighted by Gasteiger charge is -2.10. The molecule has 17 heavy (non-hydrogen) atoms. The summed E-state index contributed by atoms with van der Waals surface area (Å²) in [5.41, 5.74) is 2.98. The molecule has 4 nitrogen and oxygen atoms in total.